The number of hydrogen-bond acceptors (Lipinski definition) is 7. The van der Waals surface area contributed by atoms with Gasteiger partial charge in [-0.15, -0.1) is 11.3 Å². The Hall–Kier alpha value is -3.01. The normalized spacial score (nSPS) is 14.4. The zero-order valence-corrected chi connectivity index (χ0v) is 19.5. The first kappa shape index (κ1) is 23.2. The number of aromatic nitrogens is 1. The van der Waals surface area contributed by atoms with Crippen LogP contribution in [0.5, 0.6) is 0 Å². The number of rotatable bonds is 9. The molecule has 0 spiro atoms. The Morgan fingerprint density at radius 1 is 1.12 bits per heavy atom. The lowest BCUT2D eigenvalue weighted by molar-refractivity contribution is -0.122. The van der Waals surface area contributed by atoms with Gasteiger partial charge in [-0.05, 0) is 18.6 Å². The molecule has 174 valence electrons. The minimum atomic E-state index is -0.0344. The summed E-state index contributed by atoms with van der Waals surface area (Å²) in [7, 11) is 1.65. The third-order valence-corrected chi connectivity index (χ3v) is 6.53. The molecular weight excluding hydrogens is 440 g/mol. The van der Waals surface area contributed by atoms with Crippen LogP contribution >= 0.6 is 11.3 Å². The first-order valence-corrected chi connectivity index (χ1v) is 11.8. The summed E-state index contributed by atoms with van der Waals surface area (Å²) in [6.07, 6.45) is 2.40. The van der Waals surface area contributed by atoms with Gasteiger partial charge in [0.15, 0.2) is 10.8 Å². The smallest absolute Gasteiger partial charge is 0.266 e. The van der Waals surface area contributed by atoms with Crippen molar-refractivity contribution < 1.29 is 18.7 Å². The number of nitrogens with zero attached hydrogens (tertiary/aromatic N) is 3. The molecule has 1 aliphatic heterocycles. The van der Waals surface area contributed by atoms with E-state index in [0.29, 0.717) is 67.2 Å². The number of thiazole rings is 1. The van der Waals surface area contributed by atoms with Gasteiger partial charge in [0.05, 0.1) is 18.5 Å². The maximum Gasteiger partial charge on any atom is 0.266 e. The monoisotopic (exact) mass is 468 g/mol. The zero-order valence-electron chi connectivity index (χ0n) is 18.7. The van der Waals surface area contributed by atoms with Crippen LogP contribution in [0.25, 0.3) is 22.0 Å². The van der Waals surface area contributed by atoms with Gasteiger partial charge in [0.2, 0.25) is 5.91 Å². The predicted molar refractivity (Wildman–Crippen MR) is 127 cm³/mol. The second-order valence-electron chi connectivity index (χ2n) is 7.80. The highest BCUT2D eigenvalue weighted by atomic mass is 32.1. The standard InChI is InChI=1S/C24H28N4O4S/c1-31-15-6-10-25-20(29)17-27-11-13-28(14-12-27)24(30)22-21(18-7-3-2-4-8-18)26-23(33-22)19-9-5-16-32-19/h2-5,7-9,16H,6,10-15,17H2,1H3,(H,25,29). The molecule has 3 heterocycles. The van der Waals surface area contributed by atoms with E-state index < -0.39 is 0 Å². The van der Waals surface area contributed by atoms with Crippen LogP contribution in [0, 0.1) is 0 Å². The number of methoxy groups -OCH3 is 1. The molecule has 0 aliphatic carbocycles. The molecule has 4 rings (SSSR count). The van der Waals surface area contributed by atoms with Crippen LogP contribution in [0.4, 0.5) is 0 Å². The number of carbonyl (C=O) groups excluding carboxylic acids is 2. The summed E-state index contributed by atoms with van der Waals surface area (Å²) in [6, 6.07) is 13.4. The van der Waals surface area contributed by atoms with Crippen LogP contribution in [0.2, 0.25) is 0 Å². The molecule has 1 fully saturated rings. The summed E-state index contributed by atoms with van der Waals surface area (Å²) in [4.78, 5) is 34.9. The minimum absolute atomic E-state index is 0.00258. The van der Waals surface area contributed by atoms with E-state index in [1.165, 1.54) is 11.3 Å². The Kier molecular flexibility index (Phi) is 7.87. The van der Waals surface area contributed by atoms with Crippen molar-refractivity contribution in [3.63, 3.8) is 0 Å². The molecule has 0 radical (unpaired) electrons. The van der Waals surface area contributed by atoms with Gasteiger partial charge in [0.25, 0.3) is 5.91 Å². The fourth-order valence-corrected chi connectivity index (χ4v) is 4.74. The highest BCUT2D eigenvalue weighted by Crippen LogP contribution is 2.35. The Morgan fingerprint density at radius 2 is 1.91 bits per heavy atom. The fraction of sp³-hybridized carbons (Fsp3) is 0.375. The first-order chi connectivity index (χ1) is 16.2. The number of furan rings is 1. The van der Waals surface area contributed by atoms with Crippen molar-refractivity contribution in [3.8, 4) is 22.0 Å². The van der Waals surface area contributed by atoms with Crippen molar-refractivity contribution in [2.45, 2.75) is 6.42 Å². The molecule has 3 aromatic rings. The van der Waals surface area contributed by atoms with E-state index in [4.69, 9.17) is 14.1 Å². The number of hydrogen-bond donors (Lipinski definition) is 1. The molecule has 2 amide bonds. The largest absolute Gasteiger partial charge is 0.462 e. The molecule has 1 saturated heterocycles. The number of amides is 2. The predicted octanol–water partition coefficient (Wildman–Crippen LogP) is 2.98. The van der Waals surface area contributed by atoms with Crippen molar-refractivity contribution in [1.82, 2.24) is 20.1 Å². The SMILES string of the molecule is COCCCNC(=O)CN1CCN(C(=O)c2sc(-c3ccco3)nc2-c2ccccc2)CC1. The van der Waals surface area contributed by atoms with Crippen molar-refractivity contribution in [2.75, 3.05) is 53.0 Å². The number of ether oxygens (including phenoxy) is 1. The Bertz CT molecular complexity index is 1040. The molecular formula is C24H28N4O4S. The van der Waals surface area contributed by atoms with Crippen LogP contribution in [-0.4, -0.2) is 79.6 Å². The number of carbonyl (C=O) groups is 2. The molecule has 0 unspecified atom stereocenters. The molecule has 33 heavy (non-hydrogen) atoms. The summed E-state index contributed by atoms with van der Waals surface area (Å²) >= 11 is 1.35. The molecule has 9 heteroatoms. The zero-order chi connectivity index (χ0) is 23.0. The van der Waals surface area contributed by atoms with E-state index in [2.05, 4.69) is 10.2 Å². The summed E-state index contributed by atoms with van der Waals surface area (Å²) in [6.45, 7) is 4.02. The number of piperazine rings is 1. The van der Waals surface area contributed by atoms with Gasteiger partial charge >= 0.3 is 0 Å². The molecule has 1 aromatic carbocycles. The van der Waals surface area contributed by atoms with Gasteiger partial charge in [0.1, 0.15) is 4.88 Å². The van der Waals surface area contributed by atoms with Crippen molar-refractivity contribution in [2.24, 2.45) is 0 Å². The van der Waals surface area contributed by atoms with E-state index in [-0.39, 0.29) is 11.8 Å². The quantitative estimate of drug-likeness (QED) is 0.486. The first-order valence-electron chi connectivity index (χ1n) is 11.0. The van der Waals surface area contributed by atoms with Gasteiger partial charge in [-0.1, -0.05) is 30.3 Å². The average molecular weight is 469 g/mol. The van der Waals surface area contributed by atoms with Crippen molar-refractivity contribution >= 4 is 23.2 Å². The summed E-state index contributed by atoms with van der Waals surface area (Å²) < 4.78 is 10.5. The highest BCUT2D eigenvalue weighted by molar-refractivity contribution is 7.17. The Morgan fingerprint density at radius 3 is 2.61 bits per heavy atom. The molecule has 0 atom stereocenters. The van der Waals surface area contributed by atoms with Crippen LogP contribution in [0.3, 0.4) is 0 Å². The maximum atomic E-state index is 13.5. The van der Waals surface area contributed by atoms with Crippen molar-refractivity contribution in [1.29, 1.82) is 0 Å². The second-order valence-corrected chi connectivity index (χ2v) is 8.80. The molecule has 1 aliphatic rings. The molecule has 0 bridgehead atoms. The molecule has 0 saturated carbocycles. The molecule has 2 aromatic heterocycles. The third-order valence-electron chi connectivity index (χ3n) is 5.47. The molecule has 1 N–H and O–H groups in total. The third kappa shape index (κ3) is 5.87. The van der Waals surface area contributed by atoms with Gasteiger partial charge in [-0.2, -0.15) is 0 Å². The van der Waals surface area contributed by atoms with E-state index in [1.807, 2.05) is 47.4 Å². The lowest BCUT2D eigenvalue weighted by Gasteiger charge is -2.34. The second kappa shape index (κ2) is 11.2. The van der Waals surface area contributed by atoms with Crippen LogP contribution in [0.1, 0.15) is 16.1 Å². The highest BCUT2D eigenvalue weighted by Gasteiger charge is 2.28. The van der Waals surface area contributed by atoms with Gasteiger partial charge in [0, 0.05) is 52.0 Å². The minimum Gasteiger partial charge on any atom is -0.462 e. The van der Waals surface area contributed by atoms with E-state index in [9.17, 15) is 9.59 Å². The number of nitrogens with one attached hydrogen (secondary N) is 1. The topological polar surface area (TPSA) is 87.9 Å². The lowest BCUT2D eigenvalue weighted by atomic mass is 10.1. The van der Waals surface area contributed by atoms with E-state index >= 15 is 0 Å². The summed E-state index contributed by atoms with van der Waals surface area (Å²) in [5.74, 6) is 0.619. The van der Waals surface area contributed by atoms with Crippen LogP contribution in [-0.2, 0) is 9.53 Å². The van der Waals surface area contributed by atoms with Gasteiger partial charge < -0.3 is 19.4 Å². The summed E-state index contributed by atoms with van der Waals surface area (Å²) in [5, 5.41) is 3.60. The molecule has 8 nitrogen and oxygen atoms in total. The number of benzene rings is 1. The lowest BCUT2D eigenvalue weighted by Crippen LogP contribution is -2.51. The Labute approximate surface area is 197 Å². The van der Waals surface area contributed by atoms with Crippen molar-refractivity contribution in [3.05, 3.63) is 53.6 Å². The van der Waals surface area contributed by atoms with Crippen LogP contribution < -0.4 is 5.32 Å². The maximum absolute atomic E-state index is 13.5. The van der Waals surface area contributed by atoms with E-state index in [1.54, 1.807) is 13.4 Å². The van der Waals surface area contributed by atoms with E-state index in [0.717, 1.165) is 12.0 Å². The summed E-state index contributed by atoms with van der Waals surface area (Å²) in [5.41, 5.74) is 1.58. The van der Waals surface area contributed by atoms with Gasteiger partial charge in [-0.3, -0.25) is 14.5 Å². The fourth-order valence-electron chi connectivity index (χ4n) is 3.72. The average Bonchev–Trinajstić information content (AvgIpc) is 3.53. The van der Waals surface area contributed by atoms with Gasteiger partial charge in [-0.25, -0.2) is 4.98 Å². The van der Waals surface area contributed by atoms with Crippen LogP contribution in [0.15, 0.2) is 53.1 Å². The Balaban J connectivity index is 1.41.